The Hall–Kier alpha value is -3.88. The number of amides is 1. The maximum absolute atomic E-state index is 12.7. The van der Waals surface area contributed by atoms with E-state index in [9.17, 15) is 9.59 Å². The molecule has 0 saturated heterocycles. The van der Waals surface area contributed by atoms with Crippen LogP contribution >= 0.6 is 0 Å². The zero-order chi connectivity index (χ0) is 24.9. The topological polar surface area (TPSA) is 95.8 Å². The van der Waals surface area contributed by atoms with Crippen LogP contribution < -0.4 is 4.74 Å². The number of hydrogen-bond acceptors (Lipinski definition) is 7. The molecule has 0 saturated carbocycles. The van der Waals surface area contributed by atoms with Crippen molar-refractivity contribution in [3.63, 3.8) is 0 Å². The van der Waals surface area contributed by atoms with Crippen LogP contribution in [0.3, 0.4) is 0 Å². The standard InChI is InChI=1S/C26H30N4O5/c1-17(2)15-35-26(32)29-13-12-19-14-21(10-11-22(19)24(29)25(31)33-4)34-16-23-18(3)27-30(28-23)20-8-6-5-7-9-20/h5-11,14,17,24H,12-13,15-16H2,1-4H3. The van der Waals surface area contributed by atoms with Crippen molar-refractivity contribution in [2.75, 3.05) is 20.3 Å². The van der Waals surface area contributed by atoms with Crippen LogP contribution in [0.5, 0.6) is 5.75 Å². The summed E-state index contributed by atoms with van der Waals surface area (Å²) in [6.45, 7) is 6.70. The van der Waals surface area contributed by atoms with Crippen molar-refractivity contribution in [2.45, 2.75) is 39.8 Å². The number of ether oxygens (including phenoxy) is 3. The van der Waals surface area contributed by atoms with E-state index in [2.05, 4.69) is 10.2 Å². The summed E-state index contributed by atoms with van der Waals surface area (Å²) in [5.41, 5.74) is 4.03. The molecule has 1 amide bonds. The second-order valence-electron chi connectivity index (χ2n) is 8.85. The Kier molecular flexibility index (Phi) is 7.33. The molecule has 0 fully saturated rings. The minimum absolute atomic E-state index is 0.199. The van der Waals surface area contributed by atoms with Crippen molar-refractivity contribution in [1.29, 1.82) is 0 Å². The number of rotatable bonds is 7. The summed E-state index contributed by atoms with van der Waals surface area (Å²) < 4.78 is 16.4. The van der Waals surface area contributed by atoms with E-state index in [1.54, 1.807) is 10.9 Å². The molecule has 1 aromatic heterocycles. The molecule has 9 heteroatoms. The Labute approximate surface area is 204 Å². The molecule has 0 bridgehead atoms. The first-order valence-electron chi connectivity index (χ1n) is 11.6. The normalized spacial score (nSPS) is 15.0. The van der Waals surface area contributed by atoms with E-state index in [1.807, 2.05) is 63.2 Å². The largest absolute Gasteiger partial charge is 0.487 e. The molecular formula is C26H30N4O5. The Balaban J connectivity index is 1.49. The summed E-state index contributed by atoms with van der Waals surface area (Å²) in [5, 5.41) is 9.03. The number of methoxy groups -OCH3 is 1. The summed E-state index contributed by atoms with van der Waals surface area (Å²) in [7, 11) is 1.32. The summed E-state index contributed by atoms with van der Waals surface area (Å²) in [6.07, 6.45) is 0.0529. The van der Waals surface area contributed by atoms with E-state index in [0.29, 0.717) is 24.3 Å². The molecular weight excluding hydrogens is 448 g/mol. The monoisotopic (exact) mass is 478 g/mol. The average Bonchev–Trinajstić information content (AvgIpc) is 3.25. The maximum atomic E-state index is 12.7. The number of benzene rings is 2. The summed E-state index contributed by atoms with van der Waals surface area (Å²) in [5.74, 6) is 0.344. The van der Waals surface area contributed by atoms with E-state index >= 15 is 0 Å². The molecule has 3 aromatic rings. The first-order chi connectivity index (χ1) is 16.9. The molecule has 2 aromatic carbocycles. The first-order valence-corrected chi connectivity index (χ1v) is 11.6. The lowest BCUT2D eigenvalue weighted by Gasteiger charge is -2.35. The van der Waals surface area contributed by atoms with Gasteiger partial charge in [-0.25, -0.2) is 9.59 Å². The van der Waals surface area contributed by atoms with Gasteiger partial charge in [-0.15, -0.1) is 5.10 Å². The van der Waals surface area contributed by atoms with Crippen LogP contribution in [0.2, 0.25) is 0 Å². The predicted octanol–water partition coefficient (Wildman–Crippen LogP) is 4.02. The van der Waals surface area contributed by atoms with Crippen LogP contribution in [-0.2, 0) is 27.3 Å². The fourth-order valence-corrected chi connectivity index (χ4v) is 3.95. The van der Waals surface area contributed by atoms with Gasteiger partial charge in [-0.05, 0) is 54.7 Å². The number of carbonyl (C=O) groups excluding carboxylic acids is 2. The fraction of sp³-hybridized carbons (Fsp3) is 0.385. The number of nitrogens with zero attached hydrogens (tertiary/aromatic N) is 4. The van der Waals surface area contributed by atoms with Gasteiger partial charge >= 0.3 is 12.1 Å². The van der Waals surface area contributed by atoms with E-state index in [1.165, 1.54) is 12.0 Å². The van der Waals surface area contributed by atoms with Gasteiger partial charge in [-0.2, -0.15) is 9.90 Å². The highest BCUT2D eigenvalue weighted by atomic mass is 16.6. The van der Waals surface area contributed by atoms with E-state index in [4.69, 9.17) is 14.2 Å². The third-order valence-corrected chi connectivity index (χ3v) is 5.78. The molecule has 0 radical (unpaired) electrons. The van der Waals surface area contributed by atoms with Crippen LogP contribution in [0.25, 0.3) is 5.69 Å². The molecule has 35 heavy (non-hydrogen) atoms. The van der Waals surface area contributed by atoms with Gasteiger partial charge in [-0.3, -0.25) is 4.90 Å². The maximum Gasteiger partial charge on any atom is 0.410 e. The van der Waals surface area contributed by atoms with Crippen LogP contribution in [0, 0.1) is 12.8 Å². The minimum atomic E-state index is -0.856. The summed E-state index contributed by atoms with van der Waals surface area (Å²) in [6, 6.07) is 14.3. The molecule has 0 aliphatic carbocycles. The Bertz CT molecular complexity index is 1190. The van der Waals surface area contributed by atoms with Crippen LogP contribution in [0.1, 0.15) is 42.4 Å². The van der Waals surface area contributed by atoms with E-state index in [0.717, 1.165) is 22.6 Å². The smallest absolute Gasteiger partial charge is 0.410 e. The SMILES string of the molecule is COC(=O)C1c2ccc(OCc3nn(-c4ccccc4)nc3C)cc2CCN1C(=O)OCC(C)C. The number of hydrogen-bond donors (Lipinski definition) is 0. The third-order valence-electron chi connectivity index (χ3n) is 5.78. The Morgan fingerprint density at radius 3 is 2.60 bits per heavy atom. The minimum Gasteiger partial charge on any atom is -0.487 e. The first kappa shape index (κ1) is 24.3. The number of aromatic nitrogens is 3. The van der Waals surface area contributed by atoms with E-state index in [-0.39, 0.29) is 19.1 Å². The Morgan fingerprint density at radius 2 is 1.89 bits per heavy atom. The summed E-state index contributed by atoms with van der Waals surface area (Å²) in [4.78, 5) is 28.3. The van der Waals surface area contributed by atoms with Gasteiger partial charge in [-0.1, -0.05) is 38.1 Å². The average molecular weight is 479 g/mol. The van der Waals surface area contributed by atoms with Gasteiger partial charge < -0.3 is 14.2 Å². The van der Waals surface area contributed by atoms with Crippen molar-refractivity contribution in [3.8, 4) is 11.4 Å². The lowest BCUT2D eigenvalue weighted by Crippen LogP contribution is -2.44. The van der Waals surface area contributed by atoms with Gasteiger partial charge in [0.1, 0.15) is 18.1 Å². The molecule has 4 rings (SSSR count). The van der Waals surface area contributed by atoms with Gasteiger partial charge in [0.2, 0.25) is 0 Å². The molecule has 184 valence electrons. The molecule has 0 N–H and O–H groups in total. The number of esters is 1. The molecule has 1 aliphatic heterocycles. The van der Waals surface area contributed by atoms with Gasteiger partial charge in [0, 0.05) is 6.54 Å². The van der Waals surface area contributed by atoms with E-state index < -0.39 is 18.1 Å². The molecule has 1 atom stereocenters. The van der Waals surface area contributed by atoms with Crippen LogP contribution in [0.15, 0.2) is 48.5 Å². The van der Waals surface area contributed by atoms with Gasteiger partial charge in [0.25, 0.3) is 0 Å². The van der Waals surface area contributed by atoms with Crippen molar-refractivity contribution in [2.24, 2.45) is 5.92 Å². The van der Waals surface area contributed by atoms with Crippen LogP contribution in [0.4, 0.5) is 4.79 Å². The fourth-order valence-electron chi connectivity index (χ4n) is 3.95. The zero-order valence-electron chi connectivity index (χ0n) is 20.4. The van der Waals surface area contributed by atoms with Gasteiger partial charge in [0.15, 0.2) is 6.04 Å². The highest BCUT2D eigenvalue weighted by molar-refractivity contribution is 5.84. The number of carbonyl (C=O) groups is 2. The molecule has 0 spiro atoms. The second kappa shape index (κ2) is 10.6. The molecule has 2 heterocycles. The number of para-hydroxylation sites is 1. The van der Waals surface area contributed by atoms with Crippen molar-refractivity contribution < 1.29 is 23.8 Å². The lowest BCUT2D eigenvalue weighted by molar-refractivity contribution is -0.147. The quantitative estimate of drug-likeness (QED) is 0.473. The predicted molar refractivity (Wildman–Crippen MR) is 128 cm³/mol. The zero-order valence-corrected chi connectivity index (χ0v) is 20.4. The Morgan fingerprint density at radius 1 is 1.11 bits per heavy atom. The van der Waals surface area contributed by atoms with Crippen molar-refractivity contribution >= 4 is 12.1 Å². The number of aryl methyl sites for hydroxylation is 1. The highest BCUT2D eigenvalue weighted by Gasteiger charge is 2.38. The molecule has 1 aliphatic rings. The van der Waals surface area contributed by atoms with Crippen molar-refractivity contribution in [1.82, 2.24) is 19.9 Å². The number of fused-ring (bicyclic) bond motifs is 1. The third kappa shape index (κ3) is 5.45. The summed E-state index contributed by atoms with van der Waals surface area (Å²) >= 11 is 0. The lowest BCUT2D eigenvalue weighted by atomic mass is 9.92. The second-order valence-corrected chi connectivity index (χ2v) is 8.85. The molecule has 1 unspecified atom stereocenters. The van der Waals surface area contributed by atoms with Gasteiger partial charge in [0.05, 0.1) is 25.1 Å². The highest BCUT2D eigenvalue weighted by Crippen LogP contribution is 2.34. The van der Waals surface area contributed by atoms with Crippen molar-refractivity contribution in [3.05, 3.63) is 71.0 Å². The molecule has 9 nitrogen and oxygen atoms in total. The van der Waals surface area contributed by atoms with Crippen LogP contribution in [-0.4, -0.2) is 52.2 Å².